The van der Waals surface area contributed by atoms with Crippen LogP contribution >= 0.6 is 0 Å². The molecule has 0 saturated carbocycles. The van der Waals surface area contributed by atoms with Crippen LogP contribution in [0.15, 0.2) is 18.2 Å². The molecule has 0 radical (unpaired) electrons. The van der Waals surface area contributed by atoms with Gasteiger partial charge < -0.3 is 15.2 Å². The summed E-state index contributed by atoms with van der Waals surface area (Å²) in [6.07, 6.45) is 1.48. The third-order valence-corrected chi connectivity index (χ3v) is 3.21. The average Bonchev–Trinajstić information content (AvgIpc) is 2.44. The summed E-state index contributed by atoms with van der Waals surface area (Å²) in [5, 5.41) is 11.7. The van der Waals surface area contributed by atoms with Gasteiger partial charge in [-0.25, -0.2) is 9.18 Å². The van der Waals surface area contributed by atoms with Gasteiger partial charge in [0.2, 0.25) is 5.91 Å². The lowest BCUT2D eigenvalue weighted by molar-refractivity contribution is -0.142. The molecular formula is C15H20FNO4. The van der Waals surface area contributed by atoms with Crippen molar-refractivity contribution in [3.8, 4) is 5.75 Å². The smallest absolute Gasteiger partial charge is 0.330 e. The van der Waals surface area contributed by atoms with Gasteiger partial charge in [-0.15, -0.1) is 0 Å². The Kier molecular flexibility index (Phi) is 6.14. The van der Waals surface area contributed by atoms with Crippen LogP contribution in [0.1, 0.15) is 38.3 Å². The molecule has 1 aromatic rings. The Morgan fingerprint density at radius 2 is 2.10 bits per heavy atom. The SMILES string of the molecule is CCCC(C)C(=O)NC(C(=O)O)c1ccc(OC)c(F)c1. The summed E-state index contributed by atoms with van der Waals surface area (Å²) in [5.41, 5.74) is 0.165. The van der Waals surface area contributed by atoms with Gasteiger partial charge in [0.25, 0.3) is 0 Å². The van der Waals surface area contributed by atoms with Gasteiger partial charge in [0.05, 0.1) is 7.11 Å². The first-order valence-electron chi connectivity index (χ1n) is 6.77. The van der Waals surface area contributed by atoms with E-state index in [1.165, 1.54) is 19.2 Å². The molecule has 21 heavy (non-hydrogen) atoms. The lowest BCUT2D eigenvalue weighted by Gasteiger charge is -2.18. The number of rotatable bonds is 7. The van der Waals surface area contributed by atoms with Crippen molar-refractivity contribution in [3.63, 3.8) is 0 Å². The topological polar surface area (TPSA) is 75.6 Å². The summed E-state index contributed by atoms with van der Waals surface area (Å²) in [7, 11) is 1.32. The first-order valence-corrected chi connectivity index (χ1v) is 6.77. The van der Waals surface area contributed by atoms with Gasteiger partial charge >= 0.3 is 5.97 Å². The van der Waals surface area contributed by atoms with E-state index in [0.717, 1.165) is 12.5 Å². The highest BCUT2D eigenvalue weighted by atomic mass is 19.1. The maximum atomic E-state index is 13.7. The highest BCUT2D eigenvalue weighted by Crippen LogP contribution is 2.22. The predicted molar refractivity (Wildman–Crippen MR) is 75.5 cm³/mol. The molecule has 1 rings (SSSR count). The molecule has 0 aliphatic heterocycles. The number of carbonyl (C=O) groups excluding carboxylic acids is 1. The predicted octanol–water partition coefficient (Wildman–Crippen LogP) is 2.51. The lowest BCUT2D eigenvalue weighted by atomic mass is 10.0. The van der Waals surface area contributed by atoms with Crippen LogP contribution in [0.4, 0.5) is 4.39 Å². The molecule has 1 amide bonds. The van der Waals surface area contributed by atoms with E-state index in [1.54, 1.807) is 6.92 Å². The molecule has 5 nitrogen and oxygen atoms in total. The maximum Gasteiger partial charge on any atom is 0.330 e. The van der Waals surface area contributed by atoms with E-state index >= 15 is 0 Å². The molecular weight excluding hydrogens is 277 g/mol. The quantitative estimate of drug-likeness (QED) is 0.811. The monoisotopic (exact) mass is 297 g/mol. The van der Waals surface area contributed by atoms with Crippen LogP contribution in [-0.4, -0.2) is 24.1 Å². The molecule has 0 fully saturated rings. The minimum atomic E-state index is -1.28. The molecule has 0 bridgehead atoms. The van der Waals surface area contributed by atoms with Gasteiger partial charge in [-0.2, -0.15) is 0 Å². The molecule has 2 atom stereocenters. The van der Waals surface area contributed by atoms with Gasteiger partial charge in [0.15, 0.2) is 17.6 Å². The number of hydrogen-bond acceptors (Lipinski definition) is 3. The number of ether oxygens (including phenoxy) is 1. The Morgan fingerprint density at radius 1 is 1.43 bits per heavy atom. The highest BCUT2D eigenvalue weighted by Gasteiger charge is 2.25. The summed E-state index contributed by atoms with van der Waals surface area (Å²) in [6.45, 7) is 3.67. The zero-order valence-corrected chi connectivity index (χ0v) is 12.4. The Morgan fingerprint density at radius 3 is 2.57 bits per heavy atom. The van der Waals surface area contributed by atoms with Crippen molar-refractivity contribution >= 4 is 11.9 Å². The van der Waals surface area contributed by atoms with E-state index in [1.807, 2.05) is 6.92 Å². The molecule has 116 valence electrons. The molecule has 2 unspecified atom stereocenters. The van der Waals surface area contributed by atoms with Crippen LogP contribution in [0.25, 0.3) is 0 Å². The average molecular weight is 297 g/mol. The van der Waals surface area contributed by atoms with Crippen molar-refractivity contribution < 1.29 is 23.8 Å². The molecule has 0 aromatic heterocycles. The number of methoxy groups -OCH3 is 1. The van der Waals surface area contributed by atoms with Gasteiger partial charge in [0, 0.05) is 5.92 Å². The highest BCUT2D eigenvalue weighted by molar-refractivity contribution is 5.85. The van der Waals surface area contributed by atoms with Crippen LogP contribution in [0.5, 0.6) is 5.75 Å². The van der Waals surface area contributed by atoms with E-state index in [2.05, 4.69) is 5.32 Å². The van der Waals surface area contributed by atoms with Crippen LogP contribution < -0.4 is 10.1 Å². The van der Waals surface area contributed by atoms with Crippen molar-refractivity contribution in [3.05, 3.63) is 29.6 Å². The number of benzene rings is 1. The van der Waals surface area contributed by atoms with Gasteiger partial charge in [-0.3, -0.25) is 4.79 Å². The summed E-state index contributed by atoms with van der Waals surface area (Å²) >= 11 is 0. The molecule has 2 N–H and O–H groups in total. The fourth-order valence-electron chi connectivity index (χ4n) is 2.00. The van der Waals surface area contributed by atoms with Gasteiger partial charge in [-0.1, -0.05) is 26.3 Å². The van der Waals surface area contributed by atoms with Crippen LogP contribution in [0.2, 0.25) is 0 Å². The summed E-state index contributed by atoms with van der Waals surface area (Å²) in [4.78, 5) is 23.2. The second-order valence-electron chi connectivity index (χ2n) is 4.86. The van der Waals surface area contributed by atoms with E-state index in [-0.39, 0.29) is 23.1 Å². The number of amides is 1. The number of nitrogens with one attached hydrogen (secondary N) is 1. The van der Waals surface area contributed by atoms with E-state index in [4.69, 9.17) is 4.74 Å². The molecule has 1 aromatic carbocycles. The number of carbonyl (C=O) groups is 2. The van der Waals surface area contributed by atoms with Crippen LogP contribution in [0.3, 0.4) is 0 Å². The minimum Gasteiger partial charge on any atom is -0.494 e. The number of hydrogen-bond donors (Lipinski definition) is 2. The second kappa shape index (κ2) is 7.61. The first-order chi connectivity index (χ1) is 9.90. The molecule has 6 heteroatoms. The summed E-state index contributed by atoms with van der Waals surface area (Å²) in [6, 6.07) is 2.54. The fourth-order valence-corrected chi connectivity index (χ4v) is 2.00. The van der Waals surface area contributed by atoms with E-state index in [9.17, 15) is 19.1 Å². The standard InChI is InChI=1S/C15H20FNO4/c1-4-5-9(2)14(18)17-13(15(19)20)10-6-7-12(21-3)11(16)8-10/h6-9,13H,4-5H2,1-3H3,(H,17,18)(H,19,20). The van der Waals surface area contributed by atoms with Gasteiger partial charge in [0.1, 0.15) is 0 Å². The lowest BCUT2D eigenvalue weighted by Crippen LogP contribution is -2.37. The third kappa shape index (κ3) is 4.44. The Hall–Kier alpha value is -2.11. The Bertz CT molecular complexity index is 518. The number of aliphatic carboxylic acids is 1. The minimum absolute atomic E-state index is 0.0218. The molecule has 0 spiro atoms. The van der Waals surface area contributed by atoms with Crippen molar-refractivity contribution in [2.24, 2.45) is 5.92 Å². The molecule has 0 heterocycles. The molecule has 0 aliphatic carbocycles. The van der Waals surface area contributed by atoms with Crippen molar-refractivity contribution in [1.82, 2.24) is 5.32 Å². The normalized spacial score (nSPS) is 13.3. The Balaban J connectivity index is 2.95. The Labute approximate surface area is 123 Å². The van der Waals surface area contributed by atoms with Crippen molar-refractivity contribution in [2.45, 2.75) is 32.7 Å². The van der Waals surface area contributed by atoms with Gasteiger partial charge in [-0.05, 0) is 24.1 Å². The maximum absolute atomic E-state index is 13.7. The van der Waals surface area contributed by atoms with Crippen molar-refractivity contribution in [2.75, 3.05) is 7.11 Å². The first kappa shape index (κ1) is 16.9. The molecule has 0 aliphatic rings. The largest absolute Gasteiger partial charge is 0.494 e. The zero-order valence-electron chi connectivity index (χ0n) is 12.4. The van der Waals surface area contributed by atoms with Crippen LogP contribution in [-0.2, 0) is 9.59 Å². The third-order valence-electron chi connectivity index (χ3n) is 3.21. The zero-order chi connectivity index (χ0) is 16.0. The molecule has 0 saturated heterocycles. The van der Waals surface area contributed by atoms with E-state index < -0.39 is 17.8 Å². The fraction of sp³-hybridized carbons (Fsp3) is 0.467. The van der Waals surface area contributed by atoms with Crippen LogP contribution in [0, 0.1) is 11.7 Å². The number of halogens is 1. The summed E-state index contributed by atoms with van der Waals surface area (Å²) < 4.78 is 18.4. The number of carboxylic acids is 1. The number of carboxylic acid groups (broad SMARTS) is 1. The second-order valence-corrected chi connectivity index (χ2v) is 4.86. The summed E-state index contributed by atoms with van der Waals surface area (Å²) in [5.74, 6) is -2.54. The van der Waals surface area contributed by atoms with E-state index in [0.29, 0.717) is 6.42 Å². The van der Waals surface area contributed by atoms with Crippen molar-refractivity contribution in [1.29, 1.82) is 0 Å².